The van der Waals surface area contributed by atoms with Crippen molar-refractivity contribution in [3.63, 3.8) is 0 Å². The standard InChI is InChI=1S/C18H26O5/c1-9(2)8-18(6,17(3,4)5)16(20)23-13-11-7-10-12(21-11)14(13)22-15(10)19/h8,10-14H,7H2,1-6H3. The van der Waals surface area contributed by atoms with E-state index in [1.54, 1.807) is 0 Å². The van der Waals surface area contributed by atoms with Crippen LogP contribution < -0.4 is 0 Å². The fraction of sp³-hybridized carbons (Fsp3) is 0.778. The molecule has 0 saturated carbocycles. The number of rotatable bonds is 3. The van der Waals surface area contributed by atoms with E-state index in [1.165, 1.54) is 0 Å². The zero-order valence-corrected chi connectivity index (χ0v) is 14.7. The Morgan fingerprint density at radius 1 is 1.22 bits per heavy atom. The highest BCUT2D eigenvalue weighted by atomic mass is 16.7. The summed E-state index contributed by atoms with van der Waals surface area (Å²) in [5.74, 6) is -0.678. The summed E-state index contributed by atoms with van der Waals surface area (Å²) in [6.45, 7) is 11.9. The molecule has 6 atom stereocenters. The van der Waals surface area contributed by atoms with Gasteiger partial charge in [0.1, 0.15) is 6.10 Å². The highest BCUT2D eigenvalue weighted by Gasteiger charge is 2.65. The fourth-order valence-corrected chi connectivity index (χ4v) is 3.79. The van der Waals surface area contributed by atoms with E-state index in [2.05, 4.69) is 0 Å². The smallest absolute Gasteiger partial charge is 0.316 e. The molecule has 0 aliphatic carbocycles. The van der Waals surface area contributed by atoms with Gasteiger partial charge in [-0.05, 0) is 32.6 Å². The first-order chi connectivity index (χ1) is 10.5. The van der Waals surface area contributed by atoms with E-state index in [4.69, 9.17) is 14.2 Å². The molecule has 3 heterocycles. The average Bonchev–Trinajstić information content (AvgIpc) is 3.01. The van der Waals surface area contributed by atoms with Crippen molar-refractivity contribution in [2.24, 2.45) is 16.7 Å². The van der Waals surface area contributed by atoms with Crippen LogP contribution in [0.5, 0.6) is 0 Å². The van der Waals surface area contributed by atoms with Gasteiger partial charge in [-0.25, -0.2) is 0 Å². The second kappa shape index (κ2) is 5.07. The predicted octanol–water partition coefficient (Wildman–Crippen LogP) is 2.63. The van der Waals surface area contributed by atoms with E-state index in [9.17, 15) is 9.59 Å². The van der Waals surface area contributed by atoms with Crippen LogP contribution in [0.2, 0.25) is 0 Å². The van der Waals surface area contributed by atoms with E-state index in [0.29, 0.717) is 6.42 Å². The van der Waals surface area contributed by atoms with Crippen molar-refractivity contribution >= 4 is 11.9 Å². The number of allylic oxidation sites excluding steroid dienone is 1. The van der Waals surface area contributed by atoms with Gasteiger partial charge in [-0.2, -0.15) is 0 Å². The molecule has 5 heteroatoms. The topological polar surface area (TPSA) is 61.8 Å². The van der Waals surface area contributed by atoms with Gasteiger partial charge in [0.25, 0.3) is 0 Å². The Hall–Kier alpha value is -1.36. The highest BCUT2D eigenvalue weighted by molar-refractivity contribution is 5.81. The fourth-order valence-electron chi connectivity index (χ4n) is 3.79. The van der Waals surface area contributed by atoms with Crippen LogP contribution >= 0.6 is 0 Å². The van der Waals surface area contributed by atoms with Gasteiger partial charge in [-0.15, -0.1) is 0 Å². The van der Waals surface area contributed by atoms with E-state index in [0.717, 1.165) is 5.57 Å². The number of carbonyl (C=O) groups is 2. The van der Waals surface area contributed by atoms with E-state index < -0.39 is 17.6 Å². The van der Waals surface area contributed by atoms with Crippen LogP contribution in [0.1, 0.15) is 48.0 Å². The molecule has 0 aromatic heterocycles. The average molecular weight is 322 g/mol. The Balaban J connectivity index is 1.81. The molecule has 0 amide bonds. The van der Waals surface area contributed by atoms with Crippen molar-refractivity contribution in [3.05, 3.63) is 11.6 Å². The molecule has 3 saturated heterocycles. The van der Waals surface area contributed by atoms with E-state index >= 15 is 0 Å². The summed E-state index contributed by atoms with van der Waals surface area (Å²) in [4.78, 5) is 24.7. The predicted molar refractivity (Wildman–Crippen MR) is 83.5 cm³/mol. The van der Waals surface area contributed by atoms with E-state index in [-0.39, 0.29) is 35.5 Å². The maximum Gasteiger partial charge on any atom is 0.316 e. The minimum Gasteiger partial charge on any atom is -0.455 e. The summed E-state index contributed by atoms with van der Waals surface area (Å²) in [5.41, 5.74) is 0.0145. The number of ether oxygens (including phenoxy) is 3. The summed E-state index contributed by atoms with van der Waals surface area (Å²) < 4.78 is 17.0. The number of carbonyl (C=O) groups excluding carboxylic acids is 2. The molecule has 0 spiro atoms. The van der Waals surface area contributed by atoms with Gasteiger partial charge in [0.2, 0.25) is 0 Å². The normalized spacial score (nSPS) is 37.3. The second-order valence-electron chi connectivity index (χ2n) is 8.43. The molecule has 6 unspecified atom stereocenters. The number of esters is 2. The van der Waals surface area contributed by atoms with Crippen LogP contribution in [0.4, 0.5) is 0 Å². The van der Waals surface area contributed by atoms with Gasteiger partial charge in [-0.1, -0.05) is 32.4 Å². The molecule has 23 heavy (non-hydrogen) atoms. The van der Waals surface area contributed by atoms with Gasteiger partial charge in [0.15, 0.2) is 12.2 Å². The maximum absolute atomic E-state index is 13.0. The molecule has 2 bridgehead atoms. The SMILES string of the molecule is CC(C)=CC(C)(C(=O)OC1C2CC3C(=O)OC1C3O2)C(C)(C)C. The molecular formula is C18H26O5. The van der Waals surface area contributed by atoms with Crippen molar-refractivity contribution in [1.82, 2.24) is 0 Å². The lowest BCUT2D eigenvalue weighted by Gasteiger charge is -2.39. The molecule has 5 nitrogen and oxygen atoms in total. The Bertz CT molecular complexity index is 568. The Labute approximate surface area is 137 Å². The lowest BCUT2D eigenvalue weighted by molar-refractivity contribution is -0.172. The van der Waals surface area contributed by atoms with Gasteiger partial charge >= 0.3 is 11.9 Å². The minimum absolute atomic E-state index is 0.174. The zero-order valence-electron chi connectivity index (χ0n) is 14.7. The minimum atomic E-state index is -0.754. The first-order valence-electron chi connectivity index (χ1n) is 8.28. The van der Waals surface area contributed by atoms with Crippen molar-refractivity contribution in [3.8, 4) is 0 Å². The monoisotopic (exact) mass is 322 g/mol. The van der Waals surface area contributed by atoms with Crippen molar-refractivity contribution in [2.75, 3.05) is 0 Å². The molecule has 128 valence electrons. The first kappa shape index (κ1) is 16.5. The lowest BCUT2D eigenvalue weighted by Crippen LogP contribution is -2.46. The molecule has 0 radical (unpaired) electrons. The third kappa shape index (κ3) is 2.40. The third-order valence-corrected chi connectivity index (χ3v) is 5.59. The second-order valence-corrected chi connectivity index (χ2v) is 8.43. The Morgan fingerprint density at radius 2 is 1.87 bits per heavy atom. The molecule has 0 aromatic carbocycles. The molecule has 3 aliphatic heterocycles. The zero-order chi connectivity index (χ0) is 17.2. The van der Waals surface area contributed by atoms with Crippen LogP contribution in [0.15, 0.2) is 11.6 Å². The van der Waals surface area contributed by atoms with Gasteiger partial charge in [0, 0.05) is 0 Å². The quantitative estimate of drug-likeness (QED) is 0.590. The summed E-state index contributed by atoms with van der Waals surface area (Å²) in [6.07, 6.45) is 1.17. The number of fused-ring (bicyclic) bond motifs is 1. The molecular weight excluding hydrogens is 296 g/mol. The largest absolute Gasteiger partial charge is 0.455 e. The van der Waals surface area contributed by atoms with Crippen molar-refractivity contribution < 1.29 is 23.8 Å². The summed E-state index contributed by atoms with van der Waals surface area (Å²) >= 11 is 0. The highest BCUT2D eigenvalue weighted by Crippen LogP contribution is 2.49. The molecule has 3 fully saturated rings. The van der Waals surface area contributed by atoms with Gasteiger partial charge < -0.3 is 14.2 Å². The molecule has 0 N–H and O–H groups in total. The van der Waals surface area contributed by atoms with Crippen LogP contribution in [-0.4, -0.2) is 36.4 Å². The van der Waals surface area contributed by atoms with Crippen LogP contribution in [0, 0.1) is 16.7 Å². The van der Waals surface area contributed by atoms with E-state index in [1.807, 2.05) is 47.6 Å². The van der Waals surface area contributed by atoms with Gasteiger partial charge in [-0.3, -0.25) is 9.59 Å². The summed E-state index contributed by atoms with van der Waals surface area (Å²) in [7, 11) is 0. The lowest BCUT2D eigenvalue weighted by atomic mass is 9.67. The van der Waals surface area contributed by atoms with Gasteiger partial charge in [0.05, 0.1) is 17.4 Å². The molecule has 3 aliphatic rings. The van der Waals surface area contributed by atoms with Crippen LogP contribution in [-0.2, 0) is 23.8 Å². The Kier molecular flexibility index (Phi) is 3.63. The maximum atomic E-state index is 13.0. The first-order valence-corrected chi connectivity index (χ1v) is 8.28. The molecule has 3 rings (SSSR count). The molecule has 0 aromatic rings. The summed E-state index contributed by atoms with van der Waals surface area (Å²) in [5, 5.41) is 0. The van der Waals surface area contributed by atoms with Crippen molar-refractivity contribution in [2.45, 2.75) is 72.4 Å². The third-order valence-electron chi connectivity index (χ3n) is 5.59. The van der Waals surface area contributed by atoms with Crippen LogP contribution in [0.25, 0.3) is 0 Å². The Morgan fingerprint density at radius 3 is 2.43 bits per heavy atom. The van der Waals surface area contributed by atoms with Crippen molar-refractivity contribution in [1.29, 1.82) is 0 Å². The number of hydrogen-bond acceptors (Lipinski definition) is 5. The summed E-state index contributed by atoms with van der Waals surface area (Å²) in [6, 6.07) is 0. The number of hydrogen-bond donors (Lipinski definition) is 0. The van der Waals surface area contributed by atoms with Crippen LogP contribution in [0.3, 0.4) is 0 Å².